The van der Waals surface area contributed by atoms with Crippen LogP contribution in [0.2, 0.25) is 0 Å². The Balaban J connectivity index is 2.17. The van der Waals surface area contributed by atoms with E-state index in [1.165, 1.54) is 24.3 Å². The summed E-state index contributed by atoms with van der Waals surface area (Å²) >= 11 is 4.96. The van der Waals surface area contributed by atoms with E-state index in [1.54, 1.807) is 11.3 Å². The first-order chi connectivity index (χ1) is 9.26. The Morgan fingerprint density at radius 2 is 1.85 bits per heavy atom. The Labute approximate surface area is 126 Å². The van der Waals surface area contributed by atoms with Crippen molar-refractivity contribution >= 4 is 27.3 Å². The van der Waals surface area contributed by atoms with Crippen LogP contribution in [-0.4, -0.2) is 6.36 Å². The molecular formula is C13H11BrF3NOS. The van der Waals surface area contributed by atoms with Crippen LogP contribution in [-0.2, 0) is 0 Å². The number of rotatable bonds is 3. The largest absolute Gasteiger partial charge is 0.573 e. The maximum absolute atomic E-state index is 12.1. The fraction of sp³-hybridized carbons (Fsp3) is 0.231. The van der Waals surface area contributed by atoms with E-state index in [4.69, 9.17) is 5.73 Å². The van der Waals surface area contributed by atoms with Gasteiger partial charge in [0.2, 0.25) is 0 Å². The second-order valence-corrected chi connectivity index (χ2v) is 6.29. The Hall–Kier alpha value is -1.05. The summed E-state index contributed by atoms with van der Waals surface area (Å²) in [6.45, 7) is 1.96. The standard InChI is InChI=1S/C13H11BrF3NOS/c1-7-10(14)6-11(20-7)12(18)8-2-4-9(5-3-8)19-13(15,16)17/h2-6,12H,18H2,1H3. The third-order valence-corrected chi connectivity index (χ3v) is 4.88. The molecule has 0 amide bonds. The normalized spacial score (nSPS) is 13.3. The first-order valence-electron chi connectivity index (χ1n) is 5.63. The minimum atomic E-state index is -4.68. The predicted octanol–water partition coefficient (Wildman–Crippen LogP) is 4.77. The number of thiophene rings is 1. The number of alkyl halides is 3. The monoisotopic (exact) mass is 365 g/mol. The van der Waals surface area contributed by atoms with E-state index in [9.17, 15) is 13.2 Å². The maximum Gasteiger partial charge on any atom is 0.573 e. The van der Waals surface area contributed by atoms with Crippen LogP contribution >= 0.6 is 27.3 Å². The highest BCUT2D eigenvalue weighted by Gasteiger charge is 2.31. The molecule has 108 valence electrons. The molecule has 2 nitrogen and oxygen atoms in total. The molecule has 0 bridgehead atoms. The molecule has 2 N–H and O–H groups in total. The van der Waals surface area contributed by atoms with Crippen molar-refractivity contribution < 1.29 is 17.9 Å². The van der Waals surface area contributed by atoms with E-state index < -0.39 is 6.36 Å². The van der Waals surface area contributed by atoms with Gasteiger partial charge >= 0.3 is 6.36 Å². The molecule has 0 spiro atoms. The molecule has 7 heteroatoms. The van der Waals surface area contributed by atoms with Crippen LogP contribution in [0.4, 0.5) is 13.2 Å². The highest BCUT2D eigenvalue weighted by Crippen LogP contribution is 2.33. The van der Waals surface area contributed by atoms with Gasteiger partial charge in [-0.25, -0.2) is 0 Å². The lowest BCUT2D eigenvalue weighted by atomic mass is 10.1. The maximum atomic E-state index is 12.1. The smallest absolute Gasteiger partial charge is 0.406 e. The summed E-state index contributed by atoms with van der Waals surface area (Å²) in [4.78, 5) is 2.05. The predicted molar refractivity (Wildman–Crippen MR) is 75.9 cm³/mol. The molecule has 0 fully saturated rings. The molecule has 1 heterocycles. The Morgan fingerprint density at radius 1 is 1.25 bits per heavy atom. The van der Waals surface area contributed by atoms with Gasteiger partial charge in [-0.15, -0.1) is 24.5 Å². The highest BCUT2D eigenvalue weighted by atomic mass is 79.9. The lowest BCUT2D eigenvalue weighted by Crippen LogP contribution is -2.17. The number of hydrogen-bond acceptors (Lipinski definition) is 3. The molecule has 1 unspecified atom stereocenters. The second kappa shape index (κ2) is 5.75. The van der Waals surface area contributed by atoms with Crippen molar-refractivity contribution in [1.82, 2.24) is 0 Å². The van der Waals surface area contributed by atoms with E-state index >= 15 is 0 Å². The molecule has 20 heavy (non-hydrogen) atoms. The number of halogens is 4. The molecule has 1 aromatic carbocycles. The number of ether oxygens (including phenoxy) is 1. The van der Waals surface area contributed by atoms with Crippen LogP contribution in [0.3, 0.4) is 0 Å². The van der Waals surface area contributed by atoms with Crippen molar-refractivity contribution in [3.8, 4) is 5.75 Å². The molecule has 0 saturated carbocycles. The zero-order chi connectivity index (χ0) is 14.9. The average molecular weight is 366 g/mol. The molecule has 0 aliphatic carbocycles. The summed E-state index contributed by atoms with van der Waals surface area (Å²) in [6, 6.07) is 7.15. The van der Waals surface area contributed by atoms with Crippen molar-refractivity contribution in [3.63, 3.8) is 0 Å². The SMILES string of the molecule is Cc1sc(C(N)c2ccc(OC(F)(F)F)cc2)cc1Br. The summed E-state index contributed by atoms with van der Waals surface area (Å²) in [5.74, 6) is -0.253. The third-order valence-electron chi connectivity index (χ3n) is 2.66. The lowest BCUT2D eigenvalue weighted by Gasteiger charge is -2.12. The molecule has 2 rings (SSSR count). The molecule has 0 aliphatic heterocycles. The molecule has 1 atom stereocenters. The van der Waals surface area contributed by atoms with Crippen LogP contribution in [0.1, 0.15) is 21.4 Å². The summed E-state index contributed by atoms with van der Waals surface area (Å²) in [6.07, 6.45) is -4.68. The number of benzene rings is 1. The van der Waals surface area contributed by atoms with Gasteiger partial charge in [0, 0.05) is 14.2 Å². The molecule has 1 aromatic heterocycles. The van der Waals surface area contributed by atoms with E-state index in [0.29, 0.717) is 0 Å². The summed E-state index contributed by atoms with van der Waals surface area (Å²) in [7, 11) is 0. The van der Waals surface area contributed by atoms with Crippen LogP contribution in [0.15, 0.2) is 34.8 Å². The van der Waals surface area contributed by atoms with Gasteiger partial charge in [-0.05, 0) is 46.6 Å². The topological polar surface area (TPSA) is 35.2 Å². The Kier molecular flexibility index (Phi) is 4.41. The van der Waals surface area contributed by atoms with Gasteiger partial charge in [-0.3, -0.25) is 0 Å². The summed E-state index contributed by atoms with van der Waals surface area (Å²) in [5.41, 5.74) is 6.83. The minimum absolute atomic E-state index is 0.253. The van der Waals surface area contributed by atoms with Gasteiger partial charge in [0.15, 0.2) is 0 Å². The first-order valence-corrected chi connectivity index (χ1v) is 7.24. The van der Waals surface area contributed by atoms with Gasteiger partial charge < -0.3 is 10.5 Å². The lowest BCUT2D eigenvalue weighted by molar-refractivity contribution is -0.274. The number of aryl methyl sites for hydroxylation is 1. The van der Waals surface area contributed by atoms with Gasteiger partial charge in [-0.1, -0.05) is 12.1 Å². The van der Waals surface area contributed by atoms with Crippen LogP contribution in [0.5, 0.6) is 5.75 Å². The van der Waals surface area contributed by atoms with E-state index in [2.05, 4.69) is 20.7 Å². The van der Waals surface area contributed by atoms with Crippen LogP contribution in [0.25, 0.3) is 0 Å². The number of nitrogens with two attached hydrogens (primary N) is 1. The third kappa shape index (κ3) is 3.74. The van der Waals surface area contributed by atoms with Crippen LogP contribution in [0, 0.1) is 6.92 Å². The van der Waals surface area contributed by atoms with Crippen molar-refractivity contribution in [1.29, 1.82) is 0 Å². The van der Waals surface area contributed by atoms with Crippen molar-refractivity contribution in [2.75, 3.05) is 0 Å². The van der Waals surface area contributed by atoms with E-state index in [0.717, 1.165) is 19.8 Å². The zero-order valence-corrected chi connectivity index (χ0v) is 12.8. The molecule has 0 radical (unpaired) electrons. The molecule has 0 saturated heterocycles. The summed E-state index contributed by atoms with van der Waals surface area (Å²) in [5, 5.41) is 0. The van der Waals surface area contributed by atoms with Gasteiger partial charge in [-0.2, -0.15) is 0 Å². The van der Waals surface area contributed by atoms with Gasteiger partial charge in [0.05, 0.1) is 6.04 Å². The average Bonchev–Trinajstić information content (AvgIpc) is 2.68. The number of hydrogen-bond donors (Lipinski definition) is 1. The molecule has 0 aliphatic rings. The minimum Gasteiger partial charge on any atom is -0.406 e. The first kappa shape index (κ1) is 15.3. The highest BCUT2D eigenvalue weighted by molar-refractivity contribution is 9.10. The van der Waals surface area contributed by atoms with Gasteiger partial charge in [0.1, 0.15) is 5.75 Å². The Morgan fingerprint density at radius 3 is 2.30 bits per heavy atom. The fourth-order valence-electron chi connectivity index (χ4n) is 1.68. The van der Waals surface area contributed by atoms with Crippen molar-refractivity contribution in [2.24, 2.45) is 5.73 Å². The zero-order valence-electron chi connectivity index (χ0n) is 10.4. The quantitative estimate of drug-likeness (QED) is 0.850. The van der Waals surface area contributed by atoms with Crippen LogP contribution < -0.4 is 10.5 Å². The van der Waals surface area contributed by atoms with E-state index in [1.807, 2.05) is 13.0 Å². The fourth-order valence-corrected chi connectivity index (χ4v) is 3.27. The van der Waals surface area contributed by atoms with Crippen molar-refractivity contribution in [3.05, 3.63) is 50.1 Å². The summed E-state index contributed by atoms with van der Waals surface area (Å²) < 4.78 is 41.0. The molecular weight excluding hydrogens is 355 g/mol. The molecule has 2 aromatic rings. The Bertz CT molecular complexity index is 575. The van der Waals surface area contributed by atoms with Crippen molar-refractivity contribution in [2.45, 2.75) is 19.3 Å². The van der Waals surface area contributed by atoms with E-state index in [-0.39, 0.29) is 11.8 Å². The van der Waals surface area contributed by atoms with Gasteiger partial charge in [0.25, 0.3) is 0 Å². The second-order valence-electron chi connectivity index (χ2n) is 4.15.